The Morgan fingerprint density at radius 2 is 1.83 bits per heavy atom. The van der Waals surface area contributed by atoms with E-state index in [2.05, 4.69) is 28.5 Å². The summed E-state index contributed by atoms with van der Waals surface area (Å²) in [5.74, 6) is 0.825. The third-order valence-corrected chi connectivity index (χ3v) is 6.52. The van der Waals surface area contributed by atoms with Crippen LogP contribution in [0.25, 0.3) is 10.6 Å². The van der Waals surface area contributed by atoms with E-state index in [0.29, 0.717) is 13.0 Å². The van der Waals surface area contributed by atoms with Gasteiger partial charge in [-0.15, -0.1) is 11.3 Å². The van der Waals surface area contributed by atoms with Gasteiger partial charge in [-0.3, -0.25) is 4.79 Å². The summed E-state index contributed by atoms with van der Waals surface area (Å²) in [6, 6.07) is 16.3. The summed E-state index contributed by atoms with van der Waals surface area (Å²) in [7, 11) is 1.65. The van der Waals surface area contributed by atoms with E-state index in [1.165, 1.54) is 37.1 Å². The molecule has 0 unspecified atom stereocenters. The predicted octanol–water partition coefficient (Wildman–Crippen LogP) is 2.86. The number of amides is 1. The summed E-state index contributed by atoms with van der Waals surface area (Å²) in [5, 5.41) is 5.95. The van der Waals surface area contributed by atoms with Crippen molar-refractivity contribution in [1.29, 1.82) is 0 Å². The molecule has 3 aromatic rings. The molecule has 0 aliphatic carbocycles. The molecular formula is C24H28N3O2S+. The number of nitrogens with one attached hydrogen (secondary N) is 2. The Bertz CT molecular complexity index is 978. The van der Waals surface area contributed by atoms with E-state index in [0.717, 1.165) is 28.6 Å². The molecule has 1 aliphatic heterocycles. The second kappa shape index (κ2) is 9.87. The molecular weight excluding hydrogens is 394 g/mol. The summed E-state index contributed by atoms with van der Waals surface area (Å²) in [6.45, 7) is 4.11. The van der Waals surface area contributed by atoms with Crippen LogP contribution in [0.5, 0.6) is 5.75 Å². The normalized spacial score (nSPS) is 14.0. The highest BCUT2D eigenvalue weighted by Crippen LogP contribution is 2.25. The van der Waals surface area contributed by atoms with Gasteiger partial charge in [0, 0.05) is 35.9 Å². The van der Waals surface area contributed by atoms with Crippen LogP contribution in [0.2, 0.25) is 0 Å². The van der Waals surface area contributed by atoms with Crippen molar-refractivity contribution in [3.05, 3.63) is 70.7 Å². The molecule has 4 rings (SSSR count). The number of likely N-dealkylation sites (tertiary alicyclic amines) is 1. The van der Waals surface area contributed by atoms with Crippen LogP contribution in [-0.4, -0.2) is 31.1 Å². The zero-order valence-electron chi connectivity index (χ0n) is 17.3. The number of methoxy groups -OCH3 is 1. The molecule has 0 radical (unpaired) electrons. The number of hydrogen-bond donors (Lipinski definition) is 2. The molecule has 2 N–H and O–H groups in total. The number of aromatic nitrogens is 1. The van der Waals surface area contributed by atoms with Crippen molar-refractivity contribution in [2.24, 2.45) is 0 Å². The zero-order chi connectivity index (χ0) is 20.8. The molecule has 156 valence electrons. The Morgan fingerprint density at radius 3 is 2.57 bits per heavy atom. The fourth-order valence-corrected chi connectivity index (χ4v) is 4.72. The summed E-state index contributed by atoms with van der Waals surface area (Å²) in [6.07, 6.45) is 2.94. The number of thiazole rings is 1. The largest absolute Gasteiger partial charge is 0.497 e. The first-order valence-electron chi connectivity index (χ1n) is 10.5. The Morgan fingerprint density at radius 1 is 1.10 bits per heavy atom. The van der Waals surface area contributed by atoms with Gasteiger partial charge in [0.25, 0.3) is 0 Å². The first-order valence-corrected chi connectivity index (χ1v) is 11.3. The topological polar surface area (TPSA) is 55.7 Å². The minimum absolute atomic E-state index is 0.00454. The van der Waals surface area contributed by atoms with Crippen LogP contribution in [0.3, 0.4) is 0 Å². The van der Waals surface area contributed by atoms with Crippen LogP contribution in [0, 0.1) is 0 Å². The Labute approximate surface area is 181 Å². The van der Waals surface area contributed by atoms with Gasteiger partial charge in [0.05, 0.1) is 32.3 Å². The molecule has 0 saturated carbocycles. The van der Waals surface area contributed by atoms with Crippen LogP contribution >= 0.6 is 11.3 Å². The smallest absolute Gasteiger partial charge is 0.226 e. The SMILES string of the molecule is COc1ccc(-c2nc(CC(=O)NCc3ccccc3C[NH+]3CCCC3)cs2)cc1. The van der Waals surface area contributed by atoms with Gasteiger partial charge in [-0.2, -0.15) is 0 Å². The molecule has 0 bridgehead atoms. The lowest BCUT2D eigenvalue weighted by molar-refractivity contribution is -0.901. The lowest BCUT2D eigenvalue weighted by atomic mass is 10.1. The maximum atomic E-state index is 12.5. The highest BCUT2D eigenvalue weighted by atomic mass is 32.1. The summed E-state index contributed by atoms with van der Waals surface area (Å²) in [5.41, 5.74) is 4.39. The van der Waals surface area contributed by atoms with Crippen molar-refractivity contribution >= 4 is 17.2 Å². The molecule has 30 heavy (non-hydrogen) atoms. The minimum atomic E-state index is 0.00454. The van der Waals surface area contributed by atoms with Gasteiger partial charge in [0.2, 0.25) is 5.91 Å². The predicted molar refractivity (Wildman–Crippen MR) is 120 cm³/mol. The fourth-order valence-electron chi connectivity index (χ4n) is 3.90. The van der Waals surface area contributed by atoms with Gasteiger partial charge >= 0.3 is 0 Å². The first kappa shape index (κ1) is 20.6. The molecule has 1 amide bonds. The van der Waals surface area contributed by atoms with Crippen LogP contribution in [-0.2, 0) is 24.3 Å². The molecule has 0 spiro atoms. The number of carbonyl (C=O) groups is 1. The number of benzene rings is 2. The van der Waals surface area contributed by atoms with Gasteiger partial charge in [-0.05, 0) is 29.8 Å². The average Bonchev–Trinajstić information content (AvgIpc) is 3.45. The lowest BCUT2D eigenvalue weighted by Crippen LogP contribution is -3.08. The number of hydrogen-bond acceptors (Lipinski definition) is 4. The van der Waals surface area contributed by atoms with E-state index in [-0.39, 0.29) is 5.91 Å². The van der Waals surface area contributed by atoms with Crippen molar-refractivity contribution in [1.82, 2.24) is 10.3 Å². The molecule has 0 atom stereocenters. The number of ether oxygens (including phenoxy) is 1. The molecule has 2 heterocycles. The number of nitrogens with zero attached hydrogens (tertiary/aromatic N) is 1. The van der Waals surface area contributed by atoms with Crippen molar-refractivity contribution in [3.63, 3.8) is 0 Å². The Hall–Kier alpha value is -2.70. The van der Waals surface area contributed by atoms with Crippen molar-refractivity contribution in [2.75, 3.05) is 20.2 Å². The number of rotatable bonds is 8. The summed E-state index contributed by atoms with van der Waals surface area (Å²) < 4.78 is 5.20. The fraction of sp³-hybridized carbons (Fsp3) is 0.333. The second-order valence-electron chi connectivity index (χ2n) is 7.73. The van der Waals surface area contributed by atoms with Crippen LogP contribution < -0.4 is 15.0 Å². The summed E-state index contributed by atoms with van der Waals surface area (Å²) in [4.78, 5) is 18.8. The van der Waals surface area contributed by atoms with Crippen molar-refractivity contribution in [2.45, 2.75) is 32.4 Å². The summed E-state index contributed by atoms with van der Waals surface area (Å²) >= 11 is 1.56. The van der Waals surface area contributed by atoms with E-state index in [9.17, 15) is 4.79 Å². The van der Waals surface area contributed by atoms with E-state index >= 15 is 0 Å². The van der Waals surface area contributed by atoms with Gasteiger partial charge in [0.15, 0.2) is 0 Å². The molecule has 1 aliphatic rings. The molecule has 1 fully saturated rings. The molecule has 5 nitrogen and oxygen atoms in total. The second-order valence-corrected chi connectivity index (χ2v) is 8.59. The van der Waals surface area contributed by atoms with E-state index in [1.54, 1.807) is 23.3 Å². The standard InChI is InChI=1S/C24H27N3O2S/c1-29-22-10-8-18(9-11-22)24-26-21(17-30-24)14-23(28)25-15-19-6-2-3-7-20(19)16-27-12-4-5-13-27/h2-3,6-11,17H,4-5,12-16H2,1H3,(H,25,28)/p+1. The van der Waals surface area contributed by atoms with Gasteiger partial charge < -0.3 is 15.0 Å². The quantitative estimate of drug-likeness (QED) is 0.587. The van der Waals surface area contributed by atoms with Crippen molar-refractivity contribution in [3.8, 4) is 16.3 Å². The number of carbonyl (C=O) groups excluding carboxylic acids is 1. The highest BCUT2D eigenvalue weighted by molar-refractivity contribution is 7.13. The maximum absolute atomic E-state index is 12.5. The van der Waals surface area contributed by atoms with E-state index in [4.69, 9.17) is 4.74 Å². The molecule has 1 saturated heterocycles. The van der Waals surface area contributed by atoms with Crippen LogP contribution in [0.1, 0.15) is 29.7 Å². The zero-order valence-corrected chi connectivity index (χ0v) is 18.1. The van der Waals surface area contributed by atoms with Crippen LogP contribution in [0.15, 0.2) is 53.9 Å². The first-order chi connectivity index (χ1) is 14.7. The molecule has 6 heteroatoms. The van der Waals surface area contributed by atoms with Gasteiger partial charge in [0.1, 0.15) is 17.3 Å². The third-order valence-electron chi connectivity index (χ3n) is 5.58. The monoisotopic (exact) mass is 422 g/mol. The maximum Gasteiger partial charge on any atom is 0.226 e. The van der Waals surface area contributed by atoms with E-state index in [1.807, 2.05) is 35.7 Å². The minimum Gasteiger partial charge on any atom is -0.497 e. The van der Waals surface area contributed by atoms with Crippen molar-refractivity contribution < 1.29 is 14.4 Å². The lowest BCUT2D eigenvalue weighted by Gasteiger charge is -2.15. The average molecular weight is 423 g/mol. The van der Waals surface area contributed by atoms with E-state index < -0.39 is 0 Å². The van der Waals surface area contributed by atoms with Gasteiger partial charge in [-0.1, -0.05) is 24.3 Å². The number of quaternary nitrogens is 1. The Balaban J connectivity index is 1.33. The highest BCUT2D eigenvalue weighted by Gasteiger charge is 2.17. The van der Waals surface area contributed by atoms with Crippen LogP contribution in [0.4, 0.5) is 0 Å². The molecule has 2 aromatic carbocycles. The Kier molecular flexibility index (Phi) is 6.77. The third kappa shape index (κ3) is 5.26. The van der Waals surface area contributed by atoms with Gasteiger partial charge in [-0.25, -0.2) is 4.98 Å². The molecule has 1 aromatic heterocycles.